The van der Waals surface area contributed by atoms with E-state index in [0.717, 1.165) is 16.5 Å². The number of hydrogen-bond acceptors (Lipinski definition) is 6. The van der Waals surface area contributed by atoms with E-state index in [1.807, 2.05) is 42.5 Å². The average molecular weight is 558 g/mol. The normalized spacial score (nSPS) is 16.6. The minimum Gasteiger partial charge on any atom is -0.372 e. The van der Waals surface area contributed by atoms with Gasteiger partial charge in [-0.05, 0) is 77.7 Å². The maximum Gasteiger partial charge on any atom is 0.255 e. The fraction of sp³-hybridized carbons (Fsp3) is 0.258. The Balaban J connectivity index is 1.52. The Morgan fingerprint density at radius 1 is 0.875 bits per heavy atom. The zero-order valence-electron chi connectivity index (χ0n) is 22.2. The summed E-state index contributed by atoms with van der Waals surface area (Å²) < 4.78 is 25.7. The number of carbonyl (C=O) groups excluding carboxylic acids is 2. The number of sulfone groups is 1. The number of nitrogens with one attached hydrogen (secondary N) is 3. The second-order valence-electron chi connectivity index (χ2n) is 10.0. The largest absolute Gasteiger partial charge is 0.372 e. The van der Waals surface area contributed by atoms with Gasteiger partial charge in [0.1, 0.15) is 6.04 Å². The van der Waals surface area contributed by atoms with E-state index in [9.17, 15) is 22.8 Å². The van der Waals surface area contributed by atoms with Crippen LogP contribution < -0.4 is 16.2 Å². The third-order valence-corrected chi connectivity index (χ3v) is 9.12. The molecule has 3 aromatic carbocycles. The van der Waals surface area contributed by atoms with Gasteiger partial charge in [0, 0.05) is 35.8 Å². The van der Waals surface area contributed by atoms with Gasteiger partial charge in [-0.25, -0.2) is 8.42 Å². The van der Waals surface area contributed by atoms with Crippen LogP contribution in [0.1, 0.15) is 48.9 Å². The van der Waals surface area contributed by atoms with E-state index in [1.54, 1.807) is 31.3 Å². The van der Waals surface area contributed by atoms with Crippen LogP contribution in [0.3, 0.4) is 0 Å². The third kappa shape index (κ3) is 5.99. The van der Waals surface area contributed by atoms with Crippen LogP contribution in [0.25, 0.3) is 10.8 Å². The summed E-state index contributed by atoms with van der Waals surface area (Å²) in [7, 11) is -3.54. The number of Topliss-reactive ketones (excluding diaryl/α,β-unsaturated/α-hetero) is 1. The summed E-state index contributed by atoms with van der Waals surface area (Å²) in [5.74, 6) is -0.344. The molecule has 3 heterocycles. The van der Waals surface area contributed by atoms with Crippen LogP contribution in [-0.2, 0) is 32.3 Å². The summed E-state index contributed by atoms with van der Waals surface area (Å²) >= 11 is 0. The molecule has 0 unspecified atom stereocenters. The molecule has 1 aromatic heterocycles. The van der Waals surface area contributed by atoms with Crippen molar-refractivity contribution in [1.29, 1.82) is 0 Å². The summed E-state index contributed by atoms with van der Waals surface area (Å²) in [5, 5.41) is 7.49. The quantitative estimate of drug-likeness (QED) is 0.326. The number of amides is 1. The van der Waals surface area contributed by atoms with Gasteiger partial charge in [0.25, 0.3) is 5.56 Å². The van der Waals surface area contributed by atoms with Crippen molar-refractivity contribution < 1.29 is 18.0 Å². The average Bonchev–Trinajstić information content (AvgIpc) is 2.95. The Labute approximate surface area is 232 Å². The molecule has 40 heavy (non-hydrogen) atoms. The van der Waals surface area contributed by atoms with Gasteiger partial charge in [0.2, 0.25) is 5.91 Å². The number of carbonyl (C=O) groups is 2. The van der Waals surface area contributed by atoms with Crippen LogP contribution >= 0.6 is 0 Å². The molecular weight excluding hydrogens is 526 g/mol. The highest BCUT2D eigenvalue weighted by atomic mass is 32.2. The van der Waals surface area contributed by atoms with Crippen LogP contribution in [0.4, 0.5) is 11.4 Å². The number of fused-ring (bicyclic) bond motifs is 10. The number of ketones is 1. The molecule has 0 fully saturated rings. The summed E-state index contributed by atoms with van der Waals surface area (Å²) in [4.78, 5) is 41.5. The van der Waals surface area contributed by atoms with Crippen molar-refractivity contribution in [2.24, 2.45) is 0 Å². The van der Waals surface area contributed by atoms with Crippen LogP contribution in [0.5, 0.6) is 0 Å². The first-order valence-electron chi connectivity index (χ1n) is 13.4. The van der Waals surface area contributed by atoms with E-state index >= 15 is 0 Å². The van der Waals surface area contributed by atoms with E-state index in [2.05, 4.69) is 15.6 Å². The first kappa shape index (κ1) is 27.3. The highest BCUT2D eigenvalue weighted by Gasteiger charge is 2.24. The molecule has 4 bridgehead atoms. The van der Waals surface area contributed by atoms with Gasteiger partial charge in [-0.1, -0.05) is 37.3 Å². The molecule has 4 aromatic rings. The maximum atomic E-state index is 13.8. The molecule has 2 aliphatic rings. The van der Waals surface area contributed by atoms with E-state index < -0.39 is 15.9 Å². The Bertz CT molecular complexity index is 1740. The first-order valence-corrected chi connectivity index (χ1v) is 15.0. The molecule has 6 rings (SSSR count). The number of benzene rings is 3. The van der Waals surface area contributed by atoms with Crippen molar-refractivity contribution in [3.05, 3.63) is 100.0 Å². The molecule has 3 N–H and O–H groups in total. The number of hydrogen-bond donors (Lipinski definition) is 3. The van der Waals surface area contributed by atoms with Gasteiger partial charge < -0.3 is 15.6 Å². The highest BCUT2D eigenvalue weighted by Crippen LogP contribution is 2.28. The van der Waals surface area contributed by atoms with Crippen LogP contribution in [0.2, 0.25) is 0 Å². The molecule has 1 amide bonds. The molecule has 1 atom stereocenters. The lowest BCUT2D eigenvalue weighted by molar-refractivity contribution is -0.120. The predicted molar refractivity (Wildman–Crippen MR) is 156 cm³/mol. The lowest BCUT2D eigenvalue weighted by Crippen LogP contribution is -2.22. The second-order valence-corrected chi connectivity index (χ2v) is 12.3. The third-order valence-electron chi connectivity index (χ3n) is 7.29. The van der Waals surface area contributed by atoms with Crippen LogP contribution in [-0.4, -0.2) is 30.8 Å². The van der Waals surface area contributed by atoms with Crippen molar-refractivity contribution in [2.45, 2.75) is 50.0 Å². The van der Waals surface area contributed by atoms with E-state index in [4.69, 9.17) is 0 Å². The Hall–Kier alpha value is -4.24. The molecule has 0 aliphatic carbocycles. The molecule has 0 spiro atoms. The Morgan fingerprint density at radius 3 is 2.45 bits per heavy atom. The fourth-order valence-electron chi connectivity index (χ4n) is 5.06. The van der Waals surface area contributed by atoms with Crippen molar-refractivity contribution in [2.75, 3.05) is 16.4 Å². The number of rotatable bonds is 4. The van der Waals surface area contributed by atoms with Crippen molar-refractivity contribution in [1.82, 2.24) is 4.98 Å². The SMILES string of the molecule is CCS(=O)(=O)c1ccc2cc1CCC(=O)[C@H](Nc1ccc3cc[nH]c(=O)c3c1)c1ccc(cc1)CCCC(=O)N2. The highest BCUT2D eigenvalue weighted by molar-refractivity contribution is 7.91. The molecule has 9 heteroatoms. The zero-order chi connectivity index (χ0) is 28.3. The fourth-order valence-corrected chi connectivity index (χ4v) is 6.20. The van der Waals surface area contributed by atoms with Crippen LogP contribution in [0.15, 0.2) is 82.6 Å². The Kier molecular flexibility index (Phi) is 7.84. The lowest BCUT2D eigenvalue weighted by atomic mass is 9.95. The van der Waals surface area contributed by atoms with Crippen molar-refractivity contribution in [3.63, 3.8) is 0 Å². The van der Waals surface area contributed by atoms with Gasteiger partial charge >= 0.3 is 0 Å². The summed E-state index contributed by atoms with van der Waals surface area (Å²) in [6, 6.07) is 19.0. The predicted octanol–water partition coefficient (Wildman–Crippen LogP) is 4.95. The number of aromatic nitrogens is 1. The molecule has 0 saturated carbocycles. The lowest BCUT2D eigenvalue weighted by Gasteiger charge is -2.21. The van der Waals surface area contributed by atoms with Gasteiger partial charge in [-0.2, -0.15) is 0 Å². The molecule has 0 saturated heterocycles. The monoisotopic (exact) mass is 557 g/mol. The minimum atomic E-state index is -3.54. The standard InChI is InChI=1S/C31H31N3O5S/c1-2-40(38,39)28-15-13-24-18-23(28)11-14-27(35)30(22-8-6-20(7-9-22)4-3-5-29(36)33-24)34-25-12-10-21-16-17-32-31(37)26(21)19-25/h6-10,12-13,15-19,30,34H,2-5,11,14H2,1H3,(H,32,37)(H,33,36)/t30-/m1/s1. The number of aromatic amines is 1. The molecule has 0 radical (unpaired) electrons. The van der Waals surface area contributed by atoms with Crippen LogP contribution in [0, 0.1) is 0 Å². The summed E-state index contributed by atoms with van der Waals surface area (Å²) in [6.45, 7) is 1.58. The molecule has 206 valence electrons. The van der Waals surface area contributed by atoms with Crippen molar-refractivity contribution >= 4 is 43.7 Å². The number of anilines is 2. The van der Waals surface area contributed by atoms with Gasteiger partial charge in [-0.15, -0.1) is 0 Å². The number of pyridine rings is 1. The van der Waals surface area contributed by atoms with Crippen molar-refractivity contribution in [3.8, 4) is 0 Å². The van der Waals surface area contributed by atoms with Gasteiger partial charge in [-0.3, -0.25) is 14.4 Å². The van der Waals surface area contributed by atoms with E-state index in [0.29, 0.717) is 41.6 Å². The topological polar surface area (TPSA) is 125 Å². The molecule has 2 aliphatic heterocycles. The summed E-state index contributed by atoms with van der Waals surface area (Å²) in [5.41, 5.74) is 3.23. The smallest absolute Gasteiger partial charge is 0.255 e. The zero-order valence-corrected chi connectivity index (χ0v) is 23.0. The summed E-state index contributed by atoms with van der Waals surface area (Å²) in [6.07, 6.45) is 3.52. The first-order chi connectivity index (χ1) is 19.2. The molecule has 8 nitrogen and oxygen atoms in total. The Morgan fingerprint density at radius 2 is 1.68 bits per heavy atom. The van der Waals surface area contributed by atoms with E-state index in [-0.39, 0.29) is 40.7 Å². The van der Waals surface area contributed by atoms with E-state index in [1.165, 1.54) is 6.07 Å². The number of H-pyrrole nitrogens is 1. The minimum absolute atomic E-state index is 0.0667. The second kappa shape index (κ2) is 11.5. The number of aryl methyl sites for hydroxylation is 2. The molecular formula is C31H31N3O5S. The van der Waals surface area contributed by atoms with Gasteiger partial charge in [0.15, 0.2) is 15.6 Å². The maximum absolute atomic E-state index is 13.8. The van der Waals surface area contributed by atoms with Gasteiger partial charge in [0.05, 0.1) is 10.6 Å².